The number of nitrogens with two attached hydrogens (primary N) is 1. The molecule has 0 aliphatic carbocycles. The Morgan fingerprint density at radius 1 is 1.20 bits per heavy atom. The molecule has 0 radical (unpaired) electrons. The highest BCUT2D eigenvalue weighted by atomic mass is 16.5. The molecule has 1 aromatic rings. The average Bonchev–Trinajstić information content (AvgIpc) is 2.60. The number of benzene rings is 1. The highest BCUT2D eigenvalue weighted by Crippen LogP contribution is 2.30. The van der Waals surface area contributed by atoms with E-state index in [1.165, 1.54) is 31.4 Å². The van der Waals surface area contributed by atoms with Crippen LogP contribution in [0.3, 0.4) is 0 Å². The first-order valence-corrected chi connectivity index (χ1v) is 7.62. The number of nitrogens with zero attached hydrogens (tertiary/aromatic N) is 1. The summed E-state index contributed by atoms with van der Waals surface area (Å²) in [4.78, 5) is 2.52. The van der Waals surface area contributed by atoms with Crippen LogP contribution in [0.2, 0.25) is 0 Å². The number of hydrogen-bond acceptors (Lipinski definition) is 3. The first-order chi connectivity index (χ1) is 9.50. The summed E-state index contributed by atoms with van der Waals surface area (Å²) in [6, 6.07) is 8.21. The van der Waals surface area contributed by atoms with E-state index in [1.807, 2.05) is 12.1 Å². The van der Waals surface area contributed by atoms with Gasteiger partial charge in [0.1, 0.15) is 5.75 Å². The van der Waals surface area contributed by atoms with Crippen LogP contribution >= 0.6 is 0 Å². The Hall–Kier alpha value is -1.06. The summed E-state index contributed by atoms with van der Waals surface area (Å²) >= 11 is 0. The van der Waals surface area contributed by atoms with E-state index < -0.39 is 0 Å². The molecule has 0 bridgehead atoms. The predicted octanol–water partition coefficient (Wildman–Crippen LogP) is 3.21. The SMILES string of the molecule is COc1ccc(C(N)CN2CCCC(C)(C)CC2)cc1. The van der Waals surface area contributed by atoms with Crippen molar-refractivity contribution in [2.24, 2.45) is 11.1 Å². The molecule has 112 valence electrons. The molecule has 3 heteroatoms. The van der Waals surface area contributed by atoms with Gasteiger partial charge in [0.25, 0.3) is 0 Å². The van der Waals surface area contributed by atoms with Crippen molar-refractivity contribution in [1.82, 2.24) is 4.90 Å². The predicted molar refractivity (Wildman–Crippen MR) is 84.0 cm³/mol. The molecule has 1 atom stereocenters. The van der Waals surface area contributed by atoms with E-state index in [1.54, 1.807) is 7.11 Å². The first-order valence-electron chi connectivity index (χ1n) is 7.62. The summed E-state index contributed by atoms with van der Waals surface area (Å²) in [5.41, 5.74) is 8.03. The van der Waals surface area contributed by atoms with E-state index in [-0.39, 0.29) is 6.04 Å². The largest absolute Gasteiger partial charge is 0.497 e. The van der Waals surface area contributed by atoms with Gasteiger partial charge >= 0.3 is 0 Å². The molecule has 1 saturated heterocycles. The second kappa shape index (κ2) is 6.59. The van der Waals surface area contributed by atoms with Crippen molar-refractivity contribution < 1.29 is 4.74 Å². The van der Waals surface area contributed by atoms with E-state index >= 15 is 0 Å². The van der Waals surface area contributed by atoms with Crippen LogP contribution in [0, 0.1) is 5.41 Å². The molecule has 1 aliphatic rings. The maximum Gasteiger partial charge on any atom is 0.118 e. The van der Waals surface area contributed by atoms with Crippen LogP contribution in [-0.2, 0) is 0 Å². The van der Waals surface area contributed by atoms with Gasteiger partial charge in [-0.15, -0.1) is 0 Å². The Balaban J connectivity index is 1.91. The van der Waals surface area contributed by atoms with E-state index in [2.05, 4.69) is 30.9 Å². The summed E-state index contributed by atoms with van der Waals surface area (Å²) in [6.45, 7) is 8.03. The third-order valence-corrected chi connectivity index (χ3v) is 4.43. The topological polar surface area (TPSA) is 38.5 Å². The van der Waals surface area contributed by atoms with Crippen molar-refractivity contribution in [3.63, 3.8) is 0 Å². The zero-order chi connectivity index (χ0) is 14.6. The van der Waals surface area contributed by atoms with Gasteiger partial charge in [-0.2, -0.15) is 0 Å². The Morgan fingerprint density at radius 2 is 1.90 bits per heavy atom. The number of hydrogen-bond donors (Lipinski definition) is 1. The van der Waals surface area contributed by atoms with Gasteiger partial charge in [-0.25, -0.2) is 0 Å². The quantitative estimate of drug-likeness (QED) is 0.917. The molecule has 1 aromatic carbocycles. The highest BCUT2D eigenvalue weighted by Gasteiger charge is 2.23. The lowest BCUT2D eigenvalue weighted by atomic mass is 9.85. The fourth-order valence-electron chi connectivity index (χ4n) is 2.90. The van der Waals surface area contributed by atoms with Gasteiger partial charge in [-0.3, -0.25) is 0 Å². The van der Waals surface area contributed by atoms with Crippen LogP contribution in [-0.4, -0.2) is 31.6 Å². The molecular weight excluding hydrogens is 248 g/mol. The minimum Gasteiger partial charge on any atom is -0.497 e. The fourth-order valence-corrected chi connectivity index (χ4v) is 2.90. The number of rotatable bonds is 4. The standard InChI is InChI=1S/C17H28N2O/c1-17(2)9-4-11-19(12-10-17)13-16(18)14-5-7-15(20-3)8-6-14/h5-8,16H,4,9-13,18H2,1-3H3. The molecule has 0 saturated carbocycles. The van der Waals surface area contributed by atoms with Crippen molar-refractivity contribution in [2.75, 3.05) is 26.7 Å². The molecule has 0 amide bonds. The Labute approximate surface area is 123 Å². The Bertz CT molecular complexity index is 414. The third kappa shape index (κ3) is 4.22. The van der Waals surface area contributed by atoms with E-state index in [9.17, 15) is 0 Å². The zero-order valence-electron chi connectivity index (χ0n) is 13.1. The van der Waals surface area contributed by atoms with Gasteiger partial charge in [0.2, 0.25) is 0 Å². The van der Waals surface area contributed by atoms with Gasteiger partial charge in [0, 0.05) is 12.6 Å². The maximum atomic E-state index is 6.35. The number of likely N-dealkylation sites (tertiary alicyclic amines) is 1. The molecule has 3 nitrogen and oxygen atoms in total. The van der Waals surface area contributed by atoms with Crippen LogP contribution in [0.4, 0.5) is 0 Å². The van der Waals surface area contributed by atoms with Crippen LogP contribution in [0.1, 0.15) is 44.7 Å². The lowest BCUT2D eigenvalue weighted by Crippen LogP contribution is -2.33. The van der Waals surface area contributed by atoms with Crippen LogP contribution in [0.25, 0.3) is 0 Å². The average molecular weight is 276 g/mol. The minimum atomic E-state index is 0.0853. The van der Waals surface area contributed by atoms with Crippen molar-refractivity contribution in [1.29, 1.82) is 0 Å². The molecule has 20 heavy (non-hydrogen) atoms. The third-order valence-electron chi connectivity index (χ3n) is 4.43. The van der Waals surface area contributed by atoms with Gasteiger partial charge in [0.15, 0.2) is 0 Å². The first kappa shape index (κ1) is 15.3. The van der Waals surface area contributed by atoms with Crippen LogP contribution < -0.4 is 10.5 Å². The lowest BCUT2D eigenvalue weighted by molar-refractivity contribution is 0.250. The zero-order valence-corrected chi connectivity index (χ0v) is 13.1. The van der Waals surface area contributed by atoms with Gasteiger partial charge in [0.05, 0.1) is 7.11 Å². The summed E-state index contributed by atoms with van der Waals surface area (Å²) in [5.74, 6) is 0.887. The molecule has 0 spiro atoms. The maximum absolute atomic E-state index is 6.35. The van der Waals surface area contributed by atoms with Crippen molar-refractivity contribution in [3.8, 4) is 5.75 Å². The Morgan fingerprint density at radius 3 is 2.55 bits per heavy atom. The van der Waals surface area contributed by atoms with Gasteiger partial charge in [-0.05, 0) is 55.5 Å². The van der Waals surface area contributed by atoms with Gasteiger partial charge in [-0.1, -0.05) is 26.0 Å². The number of methoxy groups -OCH3 is 1. The van der Waals surface area contributed by atoms with Gasteiger partial charge < -0.3 is 15.4 Å². The van der Waals surface area contributed by atoms with Crippen LogP contribution in [0.5, 0.6) is 5.75 Å². The van der Waals surface area contributed by atoms with E-state index in [0.29, 0.717) is 5.41 Å². The summed E-state index contributed by atoms with van der Waals surface area (Å²) in [5, 5.41) is 0. The summed E-state index contributed by atoms with van der Waals surface area (Å²) in [7, 11) is 1.69. The summed E-state index contributed by atoms with van der Waals surface area (Å²) in [6.07, 6.45) is 3.87. The molecule has 1 fully saturated rings. The fraction of sp³-hybridized carbons (Fsp3) is 0.647. The van der Waals surface area contributed by atoms with Crippen molar-refractivity contribution in [2.45, 2.75) is 39.2 Å². The van der Waals surface area contributed by atoms with Crippen LogP contribution in [0.15, 0.2) is 24.3 Å². The summed E-state index contributed by atoms with van der Waals surface area (Å²) < 4.78 is 5.19. The lowest BCUT2D eigenvalue weighted by Gasteiger charge is -2.25. The number of ether oxygens (including phenoxy) is 1. The molecule has 1 aliphatic heterocycles. The second-order valence-corrected chi connectivity index (χ2v) is 6.70. The Kier molecular flexibility index (Phi) is 5.06. The minimum absolute atomic E-state index is 0.0853. The molecule has 1 unspecified atom stereocenters. The van der Waals surface area contributed by atoms with Crippen molar-refractivity contribution in [3.05, 3.63) is 29.8 Å². The second-order valence-electron chi connectivity index (χ2n) is 6.70. The molecular formula is C17H28N2O. The normalized spacial score (nSPS) is 21.2. The van der Waals surface area contributed by atoms with Crippen molar-refractivity contribution >= 4 is 0 Å². The molecule has 2 rings (SSSR count). The highest BCUT2D eigenvalue weighted by molar-refractivity contribution is 5.29. The monoisotopic (exact) mass is 276 g/mol. The van der Waals surface area contributed by atoms with E-state index in [4.69, 9.17) is 10.5 Å². The molecule has 1 heterocycles. The molecule has 0 aromatic heterocycles. The molecule has 2 N–H and O–H groups in total. The van der Waals surface area contributed by atoms with E-state index in [0.717, 1.165) is 18.8 Å². The smallest absolute Gasteiger partial charge is 0.118 e.